The highest BCUT2D eigenvalue weighted by Crippen LogP contribution is 2.62. The van der Waals surface area contributed by atoms with Gasteiger partial charge in [-0.25, -0.2) is 5.14 Å². The number of benzene rings is 1. The monoisotopic (exact) mass is 432 g/mol. The molecule has 29 heavy (non-hydrogen) atoms. The van der Waals surface area contributed by atoms with Crippen LogP contribution in [0.25, 0.3) is 0 Å². The lowest BCUT2D eigenvalue weighted by Gasteiger charge is -2.30. The normalized spacial score (nSPS) is 22.0. The van der Waals surface area contributed by atoms with Crippen LogP contribution in [0, 0.1) is 11.3 Å². The molecule has 2 fully saturated rings. The van der Waals surface area contributed by atoms with E-state index in [0.29, 0.717) is 31.6 Å². The van der Waals surface area contributed by atoms with Crippen molar-refractivity contribution in [1.29, 1.82) is 0 Å². The summed E-state index contributed by atoms with van der Waals surface area (Å²) >= 11 is 0. The van der Waals surface area contributed by atoms with E-state index < -0.39 is 16.6 Å². The van der Waals surface area contributed by atoms with Gasteiger partial charge in [-0.3, -0.25) is 5.01 Å². The molecule has 3 rings (SSSR count). The van der Waals surface area contributed by atoms with E-state index in [2.05, 4.69) is 16.4 Å². The zero-order valence-corrected chi connectivity index (χ0v) is 16.7. The summed E-state index contributed by atoms with van der Waals surface area (Å²) in [5, 5.41) is 10.9. The molecule has 1 saturated heterocycles. The number of hydrogen-bond donors (Lipinski definition) is 1. The van der Waals surface area contributed by atoms with E-state index >= 15 is 0 Å². The molecule has 7 nitrogen and oxygen atoms in total. The molecule has 1 atom stereocenters. The van der Waals surface area contributed by atoms with E-state index in [4.69, 9.17) is 5.14 Å². The van der Waals surface area contributed by atoms with E-state index in [1.54, 1.807) is 19.3 Å². The minimum Gasteiger partial charge on any atom is -0.406 e. The fourth-order valence-electron chi connectivity index (χ4n) is 3.81. The maximum absolute atomic E-state index is 12.4. The van der Waals surface area contributed by atoms with Gasteiger partial charge in [-0.2, -0.15) is 17.8 Å². The lowest BCUT2D eigenvalue weighted by molar-refractivity contribution is -0.274. The molecule has 0 aromatic heterocycles. The van der Waals surface area contributed by atoms with Crippen molar-refractivity contribution in [2.45, 2.75) is 25.6 Å². The second kappa shape index (κ2) is 7.62. The van der Waals surface area contributed by atoms with E-state index in [-0.39, 0.29) is 17.1 Å². The third-order valence-corrected chi connectivity index (χ3v) is 6.62. The molecule has 1 spiro atoms. The molecule has 2 aliphatic rings. The summed E-state index contributed by atoms with van der Waals surface area (Å²) in [5.41, 5.74) is 1.27. The molecule has 1 saturated carbocycles. The molecule has 1 aliphatic heterocycles. The van der Waals surface area contributed by atoms with Crippen molar-refractivity contribution in [3.63, 3.8) is 0 Å². The van der Waals surface area contributed by atoms with Crippen molar-refractivity contribution in [3.8, 4) is 5.75 Å². The number of hydrogen-bond acceptors (Lipinski definition) is 5. The number of nitrogens with two attached hydrogens (primary N) is 1. The molecule has 1 aromatic carbocycles. The summed E-state index contributed by atoms with van der Waals surface area (Å²) < 4.78 is 65.2. The Labute approximate surface area is 167 Å². The van der Waals surface area contributed by atoms with Crippen LogP contribution in [-0.2, 0) is 10.2 Å². The summed E-state index contributed by atoms with van der Waals surface area (Å²) in [5.74, 6) is -0.110. The Morgan fingerprint density at radius 2 is 2.07 bits per heavy atom. The number of hydrazone groups is 1. The lowest BCUT2D eigenvalue weighted by atomic mass is 9.90. The van der Waals surface area contributed by atoms with E-state index in [1.807, 2.05) is 0 Å². The van der Waals surface area contributed by atoms with Crippen LogP contribution in [-0.4, -0.2) is 45.4 Å². The third kappa shape index (κ3) is 5.28. The predicted octanol–water partition coefficient (Wildman–Crippen LogP) is 2.87. The van der Waals surface area contributed by atoms with Crippen LogP contribution in [0.3, 0.4) is 0 Å². The van der Waals surface area contributed by atoms with Gasteiger partial charge in [0.2, 0.25) is 0 Å². The molecule has 1 aromatic rings. The summed E-state index contributed by atoms with van der Waals surface area (Å²) in [4.78, 5) is 0. The number of piperidine rings is 1. The van der Waals surface area contributed by atoms with Gasteiger partial charge in [0.05, 0.1) is 11.9 Å². The fourth-order valence-corrected chi connectivity index (χ4v) is 4.50. The third-order valence-electron chi connectivity index (χ3n) is 5.54. The van der Waals surface area contributed by atoms with E-state index in [9.17, 15) is 21.6 Å². The van der Waals surface area contributed by atoms with Crippen molar-refractivity contribution in [2.75, 3.05) is 25.1 Å². The van der Waals surface area contributed by atoms with Crippen molar-refractivity contribution < 1.29 is 26.3 Å². The van der Waals surface area contributed by atoms with Crippen molar-refractivity contribution in [1.82, 2.24) is 4.31 Å². The summed E-state index contributed by atoms with van der Waals surface area (Å²) in [6, 6.07) is 5.53. The number of alkyl halides is 3. The van der Waals surface area contributed by atoms with Crippen LogP contribution in [0.5, 0.6) is 5.75 Å². The average Bonchev–Trinajstić information content (AvgIpc) is 3.31. The topological polar surface area (TPSA) is 88.2 Å². The SMILES string of the molecule is C=C(/C=N\N(C)c1cccc(OC(F)(F)F)c1)[C@@H]1CC12CCN(S(N)(=O)=O)CC2. The highest BCUT2D eigenvalue weighted by molar-refractivity contribution is 7.86. The zero-order chi connectivity index (χ0) is 21.4. The second-order valence-electron chi connectivity index (χ2n) is 7.45. The predicted molar refractivity (Wildman–Crippen MR) is 104 cm³/mol. The van der Waals surface area contributed by atoms with Crippen LogP contribution in [0.4, 0.5) is 18.9 Å². The Morgan fingerprint density at radius 1 is 1.41 bits per heavy atom. The molecule has 0 amide bonds. The van der Waals surface area contributed by atoms with Gasteiger partial charge < -0.3 is 4.74 Å². The molecule has 11 heteroatoms. The number of rotatable bonds is 6. The maximum Gasteiger partial charge on any atom is 0.573 e. The van der Waals surface area contributed by atoms with Crippen LogP contribution in [0.15, 0.2) is 41.5 Å². The second-order valence-corrected chi connectivity index (χ2v) is 9.00. The Kier molecular flexibility index (Phi) is 5.67. The van der Waals surface area contributed by atoms with Gasteiger partial charge in [0.15, 0.2) is 0 Å². The van der Waals surface area contributed by atoms with Crippen molar-refractivity contribution in [3.05, 3.63) is 36.4 Å². The van der Waals surface area contributed by atoms with Crippen LogP contribution in [0.2, 0.25) is 0 Å². The van der Waals surface area contributed by atoms with Crippen LogP contribution < -0.4 is 14.9 Å². The number of halogens is 3. The Morgan fingerprint density at radius 3 is 2.66 bits per heavy atom. The standard InChI is InChI=1S/C18H23F3N4O3S/c1-13(16-11-17(16)6-8-25(9-7-17)29(22,26)27)12-23-24(2)14-4-3-5-15(10-14)28-18(19,20)21/h3-5,10,12,16H,1,6-9,11H2,2H3,(H2,22,26,27)/b23-12-/t16-/m0/s1. The van der Waals surface area contributed by atoms with E-state index in [0.717, 1.165) is 12.0 Å². The molecule has 1 aliphatic carbocycles. The van der Waals surface area contributed by atoms with Crippen molar-refractivity contribution in [2.24, 2.45) is 21.6 Å². The van der Waals surface area contributed by atoms with Crippen molar-refractivity contribution >= 4 is 22.1 Å². The van der Waals surface area contributed by atoms with Crippen LogP contribution >= 0.6 is 0 Å². The molecule has 0 radical (unpaired) electrons. The lowest BCUT2D eigenvalue weighted by Crippen LogP contribution is -2.43. The maximum atomic E-state index is 12.4. The van der Waals surface area contributed by atoms with Gasteiger partial charge in [-0.1, -0.05) is 12.6 Å². The molecular weight excluding hydrogens is 409 g/mol. The highest BCUT2D eigenvalue weighted by Gasteiger charge is 2.56. The van der Waals surface area contributed by atoms with Gasteiger partial charge in [-0.05, 0) is 48.3 Å². The van der Waals surface area contributed by atoms with Gasteiger partial charge in [0.1, 0.15) is 5.75 Å². The van der Waals surface area contributed by atoms with E-state index in [1.165, 1.54) is 27.5 Å². The smallest absolute Gasteiger partial charge is 0.406 e. The molecule has 2 N–H and O–H groups in total. The Bertz CT molecular complexity index is 909. The number of ether oxygens (including phenoxy) is 1. The molecular formula is C18H23F3N4O3S. The zero-order valence-electron chi connectivity index (χ0n) is 15.9. The Hall–Kier alpha value is -2.11. The number of anilines is 1. The van der Waals surface area contributed by atoms with Crippen LogP contribution in [0.1, 0.15) is 19.3 Å². The van der Waals surface area contributed by atoms with Gasteiger partial charge >= 0.3 is 6.36 Å². The largest absolute Gasteiger partial charge is 0.573 e. The first kappa shape index (κ1) is 21.6. The Balaban J connectivity index is 1.57. The summed E-state index contributed by atoms with van der Waals surface area (Å²) in [6.07, 6.45) is -0.813. The minimum atomic E-state index is -4.76. The number of nitrogens with zero attached hydrogens (tertiary/aromatic N) is 3. The fraction of sp³-hybridized carbons (Fsp3) is 0.500. The first-order chi connectivity index (χ1) is 13.4. The molecule has 1 heterocycles. The number of allylic oxidation sites excluding steroid dienone is 1. The molecule has 0 bridgehead atoms. The molecule has 0 unspecified atom stereocenters. The van der Waals surface area contributed by atoms with Gasteiger partial charge in [0, 0.05) is 26.2 Å². The van der Waals surface area contributed by atoms with Gasteiger partial charge in [0.25, 0.3) is 10.2 Å². The first-order valence-electron chi connectivity index (χ1n) is 9.00. The first-order valence-corrected chi connectivity index (χ1v) is 10.5. The summed E-state index contributed by atoms with van der Waals surface area (Å²) in [7, 11) is -2.04. The minimum absolute atomic E-state index is 0.0311. The van der Waals surface area contributed by atoms with Gasteiger partial charge in [-0.15, -0.1) is 13.2 Å². The summed E-state index contributed by atoms with van der Waals surface area (Å²) in [6.45, 7) is 4.85. The molecule has 160 valence electrons. The average molecular weight is 432 g/mol. The quantitative estimate of drug-likeness (QED) is 0.553. The highest BCUT2D eigenvalue weighted by atomic mass is 32.2.